The first-order valence-corrected chi connectivity index (χ1v) is 7.42. The summed E-state index contributed by atoms with van der Waals surface area (Å²) >= 11 is 0. The topological polar surface area (TPSA) is 54.5 Å². The van der Waals surface area contributed by atoms with Gasteiger partial charge in [0.1, 0.15) is 0 Å². The molecular formula is C12H15NO3S. The molecule has 1 saturated heterocycles. The van der Waals surface area contributed by atoms with E-state index >= 15 is 0 Å². The van der Waals surface area contributed by atoms with Gasteiger partial charge in [0.2, 0.25) is 10.0 Å². The Hall–Kier alpha value is -1.10. The second-order valence-corrected chi connectivity index (χ2v) is 7.01. The van der Waals surface area contributed by atoms with Crippen LogP contribution in [-0.2, 0) is 14.8 Å². The lowest BCUT2D eigenvalue weighted by atomic mass is 9.93. The van der Waals surface area contributed by atoms with Crippen LogP contribution >= 0.6 is 0 Å². The molecular weight excluding hydrogens is 238 g/mol. The summed E-state index contributed by atoms with van der Waals surface area (Å²) in [7, 11) is -3.44. The number of carbonyl (C=O) groups excluding carboxylic acids is 1. The van der Waals surface area contributed by atoms with Gasteiger partial charge in [0.25, 0.3) is 5.91 Å². The molecule has 4 atom stereocenters. The van der Waals surface area contributed by atoms with E-state index in [0.717, 1.165) is 10.7 Å². The molecule has 17 heavy (non-hydrogen) atoms. The molecule has 1 saturated carbocycles. The van der Waals surface area contributed by atoms with Crippen molar-refractivity contribution in [1.82, 2.24) is 4.31 Å². The summed E-state index contributed by atoms with van der Waals surface area (Å²) in [5.74, 6) is 0.187. The Bertz CT molecular complexity index is 520. The molecule has 1 heterocycles. The molecule has 0 N–H and O–H groups in total. The summed E-state index contributed by atoms with van der Waals surface area (Å²) in [5.41, 5.74) is 0. The summed E-state index contributed by atoms with van der Waals surface area (Å²) in [6.07, 6.45) is 7.98. The second-order valence-electron chi connectivity index (χ2n) is 4.99. The molecule has 1 amide bonds. The van der Waals surface area contributed by atoms with E-state index in [2.05, 4.69) is 6.08 Å². The highest BCUT2D eigenvalue weighted by molar-refractivity contribution is 7.90. The van der Waals surface area contributed by atoms with E-state index in [0.29, 0.717) is 12.5 Å². The summed E-state index contributed by atoms with van der Waals surface area (Å²) in [6, 6.07) is 0. The lowest BCUT2D eigenvalue weighted by molar-refractivity contribution is -0.121. The molecule has 4 nitrogen and oxygen atoms in total. The third kappa shape index (κ3) is 1.35. The SMILES string of the molecule is C/C=C/C(=O)N1C[C@H]2[C@H]([C@H]3C=C[C@@H]2C3)S1(=O)=O. The van der Waals surface area contributed by atoms with Gasteiger partial charge in [-0.1, -0.05) is 18.2 Å². The van der Waals surface area contributed by atoms with Gasteiger partial charge in [-0.3, -0.25) is 4.79 Å². The van der Waals surface area contributed by atoms with Gasteiger partial charge in [-0.2, -0.15) is 0 Å². The zero-order valence-corrected chi connectivity index (χ0v) is 10.4. The third-order valence-electron chi connectivity index (χ3n) is 4.13. The Labute approximate surface area is 101 Å². The second kappa shape index (κ2) is 3.45. The zero-order valence-electron chi connectivity index (χ0n) is 9.61. The first kappa shape index (κ1) is 11.0. The fourth-order valence-electron chi connectivity index (χ4n) is 3.44. The van der Waals surface area contributed by atoms with Crippen LogP contribution in [0.15, 0.2) is 24.3 Å². The number of sulfonamides is 1. The van der Waals surface area contributed by atoms with E-state index in [1.54, 1.807) is 13.0 Å². The van der Waals surface area contributed by atoms with Crippen LogP contribution in [0.5, 0.6) is 0 Å². The Balaban J connectivity index is 1.96. The van der Waals surface area contributed by atoms with Crippen LogP contribution in [-0.4, -0.2) is 30.4 Å². The number of amides is 1. The van der Waals surface area contributed by atoms with Gasteiger partial charge >= 0.3 is 0 Å². The summed E-state index contributed by atoms with van der Waals surface area (Å²) in [6.45, 7) is 2.08. The predicted octanol–water partition coefficient (Wildman–Crippen LogP) is 0.925. The van der Waals surface area contributed by atoms with Crippen LogP contribution in [0.2, 0.25) is 0 Å². The molecule has 1 aliphatic heterocycles. The van der Waals surface area contributed by atoms with E-state index in [1.165, 1.54) is 6.08 Å². The minimum Gasteiger partial charge on any atom is -0.269 e. The maximum absolute atomic E-state index is 12.3. The molecule has 3 aliphatic rings. The van der Waals surface area contributed by atoms with Crippen molar-refractivity contribution in [2.24, 2.45) is 17.8 Å². The van der Waals surface area contributed by atoms with E-state index in [9.17, 15) is 13.2 Å². The highest BCUT2D eigenvalue weighted by Crippen LogP contribution is 2.51. The molecule has 0 spiro atoms. The fraction of sp³-hybridized carbons (Fsp3) is 0.583. The van der Waals surface area contributed by atoms with Crippen molar-refractivity contribution in [3.05, 3.63) is 24.3 Å². The highest BCUT2D eigenvalue weighted by atomic mass is 32.2. The van der Waals surface area contributed by atoms with E-state index in [4.69, 9.17) is 0 Å². The van der Waals surface area contributed by atoms with Gasteiger partial charge in [-0.05, 0) is 31.3 Å². The number of nitrogens with zero attached hydrogens (tertiary/aromatic N) is 1. The van der Waals surface area contributed by atoms with Crippen molar-refractivity contribution in [3.8, 4) is 0 Å². The first-order chi connectivity index (χ1) is 8.05. The average molecular weight is 253 g/mol. The van der Waals surface area contributed by atoms with Crippen LogP contribution in [0.1, 0.15) is 13.3 Å². The molecule has 0 aromatic heterocycles. The predicted molar refractivity (Wildman–Crippen MR) is 63.5 cm³/mol. The minimum absolute atomic E-state index is 0.115. The Morgan fingerprint density at radius 3 is 2.71 bits per heavy atom. The highest BCUT2D eigenvalue weighted by Gasteiger charge is 2.58. The van der Waals surface area contributed by atoms with E-state index in [1.807, 2.05) is 6.08 Å². The van der Waals surface area contributed by atoms with Crippen LogP contribution in [0.3, 0.4) is 0 Å². The van der Waals surface area contributed by atoms with E-state index < -0.39 is 15.9 Å². The zero-order chi connectivity index (χ0) is 12.2. The standard InChI is InChI=1S/C12H15NO3S/c1-2-3-11(14)13-7-10-8-4-5-9(6-8)12(10)17(13,15)16/h2-5,8-10,12H,6-7H2,1H3/b3-2+/t8-,9+,10-,12+/m1/s1. The molecule has 5 heteroatoms. The quantitative estimate of drug-likeness (QED) is 0.516. The molecule has 3 rings (SSSR count). The molecule has 0 aromatic carbocycles. The molecule has 2 bridgehead atoms. The summed E-state index contributed by atoms with van der Waals surface area (Å²) < 4.78 is 25.7. The first-order valence-electron chi connectivity index (χ1n) is 5.92. The van der Waals surface area contributed by atoms with Gasteiger partial charge in [0.15, 0.2) is 0 Å². The lowest BCUT2D eigenvalue weighted by Crippen LogP contribution is -2.35. The number of carbonyl (C=O) groups is 1. The Morgan fingerprint density at radius 2 is 2.06 bits per heavy atom. The van der Waals surface area contributed by atoms with Gasteiger partial charge < -0.3 is 0 Å². The van der Waals surface area contributed by atoms with Gasteiger partial charge in [-0.15, -0.1) is 0 Å². The van der Waals surface area contributed by atoms with Gasteiger partial charge in [-0.25, -0.2) is 12.7 Å². The maximum atomic E-state index is 12.3. The molecule has 0 aromatic rings. The van der Waals surface area contributed by atoms with Crippen molar-refractivity contribution in [3.63, 3.8) is 0 Å². The normalized spacial score (nSPS) is 41.4. The molecule has 2 fully saturated rings. The molecule has 2 aliphatic carbocycles. The van der Waals surface area contributed by atoms with Crippen molar-refractivity contribution < 1.29 is 13.2 Å². The van der Waals surface area contributed by atoms with Gasteiger partial charge in [0, 0.05) is 12.5 Å². The molecule has 0 unspecified atom stereocenters. The number of fused-ring (bicyclic) bond motifs is 5. The number of rotatable bonds is 1. The smallest absolute Gasteiger partial charge is 0.259 e. The van der Waals surface area contributed by atoms with Crippen LogP contribution in [0.25, 0.3) is 0 Å². The number of hydrogen-bond donors (Lipinski definition) is 0. The number of allylic oxidation sites excluding steroid dienone is 3. The Kier molecular flexibility index (Phi) is 2.23. The van der Waals surface area contributed by atoms with Gasteiger partial charge in [0.05, 0.1) is 5.25 Å². The van der Waals surface area contributed by atoms with Crippen LogP contribution < -0.4 is 0 Å². The fourth-order valence-corrected chi connectivity index (χ4v) is 5.80. The Morgan fingerprint density at radius 1 is 1.35 bits per heavy atom. The minimum atomic E-state index is -3.44. The third-order valence-corrected chi connectivity index (χ3v) is 6.46. The lowest BCUT2D eigenvalue weighted by Gasteiger charge is -2.17. The van der Waals surface area contributed by atoms with Crippen molar-refractivity contribution in [1.29, 1.82) is 0 Å². The molecule has 0 radical (unpaired) electrons. The van der Waals surface area contributed by atoms with Crippen LogP contribution in [0.4, 0.5) is 0 Å². The van der Waals surface area contributed by atoms with Crippen LogP contribution in [0, 0.1) is 17.8 Å². The van der Waals surface area contributed by atoms with Crippen molar-refractivity contribution in [2.45, 2.75) is 18.6 Å². The average Bonchev–Trinajstić information content (AvgIpc) is 2.90. The monoisotopic (exact) mass is 253 g/mol. The van der Waals surface area contributed by atoms with E-state index in [-0.39, 0.29) is 17.1 Å². The summed E-state index contributed by atoms with van der Waals surface area (Å²) in [4.78, 5) is 11.8. The summed E-state index contributed by atoms with van der Waals surface area (Å²) in [5, 5.41) is -0.355. The molecule has 92 valence electrons. The maximum Gasteiger partial charge on any atom is 0.259 e. The largest absolute Gasteiger partial charge is 0.269 e. The van der Waals surface area contributed by atoms with Crippen molar-refractivity contribution >= 4 is 15.9 Å². The van der Waals surface area contributed by atoms with Crippen molar-refractivity contribution in [2.75, 3.05) is 6.54 Å². The number of hydrogen-bond acceptors (Lipinski definition) is 3.